The molecule has 2 N–H and O–H groups in total. The van der Waals surface area contributed by atoms with Gasteiger partial charge in [0, 0.05) is 17.9 Å². The Kier molecular flexibility index (Phi) is 6.15. The first-order valence-electron chi connectivity index (χ1n) is 9.12. The number of hydrogen-bond donors (Lipinski definition) is 2. The summed E-state index contributed by atoms with van der Waals surface area (Å²) in [7, 11) is 0. The van der Waals surface area contributed by atoms with E-state index in [1.165, 1.54) is 5.56 Å². The van der Waals surface area contributed by atoms with Gasteiger partial charge in [0.05, 0.1) is 0 Å². The van der Waals surface area contributed by atoms with E-state index in [1.807, 2.05) is 56.3 Å². The van der Waals surface area contributed by atoms with E-state index in [0.29, 0.717) is 11.6 Å². The van der Waals surface area contributed by atoms with Crippen molar-refractivity contribution in [3.05, 3.63) is 83.2 Å². The van der Waals surface area contributed by atoms with Gasteiger partial charge >= 0.3 is 0 Å². The predicted molar refractivity (Wildman–Crippen MR) is 109 cm³/mol. The summed E-state index contributed by atoms with van der Waals surface area (Å²) in [5.74, 6) is 0.246. The lowest BCUT2D eigenvalue weighted by Gasteiger charge is -2.09. The van der Waals surface area contributed by atoms with Crippen molar-refractivity contribution < 1.29 is 4.79 Å². The summed E-state index contributed by atoms with van der Waals surface area (Å²) in [4.78, 5) is 21.3. The molecule has 1 aromatic heterocycles. The monoisotopic (exact) mass is 360 g/mol. The highest BCUT2D eigenvalue weighted by Crippen LogP contribution is 2.12. The van der Waals surface area contributed by atoms with Gasteiger partial charge in [-0.15, -0.1) is 0 Å². The van der Waals surface area contributed by atoms with Crippen LogP contribution in [0.1, 0.15) is 33.7 Å². The first-order valence-corrected chi connectivity index (χ1v) is 9.12. The van der Waals surface area contributed by atoms with E-state index in [0.717, 1.165) is 36.3 Å². The highest BCUT2D eigenvalue weighted by Gasteiger charge is 2.11. The smallest absolute Gasteiger partial charge is 0.274 e. The standard InChI is InChI=1S/C22H24N4O/c1-16-8-6-12-19(14-16)25-21(27)20-15-17(2)24-22(26-20)23-13-7-11-18-9-4-3-5-10-18/h3-6,8-10,12,14-15H,7,11,13H2,1-2H3,(H,25,27)(H,23,24,26). The molecule has 0 saturated heterocycles. The van der Waals surface area contributed by atoms with Crippen LogP contribution in [0.3, 0.4) is 0 Å². The van der Waals surface area contributed by atoms with Crippen LogP contribution >= 0.6 is 0 Å². The number of anilines is 2. The number of rotatable bonds is 7. The molecule has 27 heavy (non-hydrogen) atoms. The second-order valence-electron chi connectivity index (χ2n) is 6.56. The average Bonchev–Trinajstić information content (AvgIpc) is 2.66. The first-order chi connectivity index (χ1) is 13.1. The molecule has 0 unspecified atom stereocenters. The van der Waals surface area contributed by atoms with Crippen molar-refractivity contribution in [1.82, 2.24) is 9.97 Å². The van der Waals surface area contributed by atoms with Crippen LogP contribution in [0.15, 0.2) is 60.7 Å². The molecule has 2 aromatic carbocycles. The Labute approximate surface area is 159 Å². The molecule has 3 aromatic rings. The van der Waals surface area contributed by atoms with Gasteiger partial charge in [-0.2, -0.15) is 0 Å². The summed E-state index contributed by atoms with van der Waals surface area (Å²) in [5, 5.41) is 6.11. The number of nitrogens with one attached hydrogen (secondary N) is 2. The van der Waals surface area contributed by atoms with Crippen LogP contribution in [0.4, 0.5) is 11.6 Å². The maximum Gasteiger partial charge on any atom is 0.274 e. The molecule has 0 atom stereocenters. The van der Waals surface area contributed by atoms with Crippen molar-refractivity contribution in [2.24, 2.45) is 0 Å². The minimum absolute atomic E-state index is 0.238. The highest BCUT2D eigenvalue weighted by molar-refractivity contribution is 6.03. The van der Waals surface area contributed by atoms with Gasteiger partial charge in [0.25, 0.3) is 5.91 Å². The van der Waals surface area contributed by atoms with Crippen LogP contribution in [0.5, 0.6) is 0 Å². The number of nitrogens with zero attached hydrogens (tertiary/aromatic N) is 2. The van der Waals surface area contributed by atoms with Crippen LogP contribution in [-0.2, 0) is 6.42 Å². The number of aryl methyl sites for hydroxylation is 3. The quantitative estimate of drug-likeness (QED) is 0.613. The molecule has 3 rings (SSSR count). The third-order valence-corrected chi connectivity index (χ3v) is 4.13. The van der Waals surface area contributed by atoms with Gasteiger partial charge in [-0.1, -0.05) is 42.5 Å². The largest absolute Gasteiger partial charge is 0.354 e. The maximum atomic E-state index is 12.5. The number of aromatic nitrogens is 2. The lowest BCUT2D eigenvalue weighted by atomic mass is 10.1. The van der Waals surface area contributed by atoms with Crippen molar-refractivity contribution in [1.29, 1.82) is 0 Å². The van der Waals surface area contributed by atoms with E-state index >= 15 is 0 Å². The lowest BCUT2D eigenvalue weighted by Crippen LogP contribution is -2.16. The Morgan fingerprint density at radius 1 is 0.963 bits per heavy atom. The molecule has 5 nitrogen and oxygen atoms in total. The Hall–Kier alpha value is -3.21. The fourth-order valence-electron chi connectivity index (χ4n) is 2.82. The molecular weight excluding hydrogens is 336 g/mol. The van der Waals surface area contributed by atoms with Crippen molar-refractivity contribution in [2.75, 3.05) is 17.2 Å². The molecule has 0 radical (unpaired) electrons. The molecule has 138 valence electrons. The number of carbonyl (C=O) groups excluding carboxylic acids is 1. The molecule has 0 fully saturated rings. The molecule has 0 aliphatic carbocycles. The van der Waals surface area contributed by atoms with Gasteiger partial charge in [0.2, 0.25) is 5.95 Å². The Morgan fingerprint density at radius 2 is 1.78 bits per heavy atom. The summed E-state index contributed by atoms with van der Waals surface area (Å²) in [6.07, 6.45) is 1.95. The van der Waals surface area contributed by atoms with Crippen molar-refractivity contribution in [3.8, 4) is 0 Å². The van der Waals surface area contributed by atoms with E-state index < -0.39 is 0 Å². The highest BCUT2D eigenvalue weighted by atomic mass is 16.1. The van der Waals surface area contributed by atoms with E-state index in [2.05, 4.69) is 32.7 Å². The van der Waals surface area contributed by atoms with Gasteiger partial charge in [-0.05, 0) is 56.0 Å². The zero-order chi connectivity index (χ0) is 19.1. The molecule has 0 bridgehead atoms. The molecule has 1 amide bonds. The topological polar surface area (TPSA) is 66.9 Å². The van der Waals surface area contributed by atoms with Crippen molar-refractivity contribution in [2.45, 2.75) is 26.7 Å². The van der Waals surface area contributed by atoms with Gasteiger partial charge in [0.15, 0.2) is 0 Å². The summed E-state index contributed by atoms with van der Waals surface area (Å²) in [6, 6.07) is 19.7. The second-order valence-corrected chi connectivity index (χ2v) is 6.56. The maximum absolute atomic E-state index is 12.5. The predicted octanol–water partition coefficient (Wildman–Crippen LogP) is 4.39. The zero-order valence-corrected chi connectivity index (χ0v) is 15.7. The Morgan fingerprint density at radius 3 is 2.56 bits per heavy atom. The second kappa shape index (κ2) is 8.94. The number of benzene rings is 2. The van der Waals surface area contributed by atoms with Crippen LogP contribution in [-0.4, -0.2) is 22.4 Å². The molecule has 0 saturated carbocycles. The normalized spacial score (nSPS) is 10.4. The minimum atomic E-state index is -0.238. The summed E-state index contributed by atoms with van der Waals surface area (Å²) in [6.45, 7) is 4.60. The average molecular weight is 360 g/mol. The van der Waals surface area contributed by atoms with Crippen molar-refractivity contribution >= 4 is 17.5 Å². The van der Waals surface area contributed by atoms with Crippen LogP contribution < -0.4 is 10.6 Å². The van der Waals surface area contributed by atoms with Crippen LogP contribution in [0.25, 0.3) is 0 Å². The molecule has 0 spiro atoms. The molecule has 0 aliphatic heterocycles. The van der Waals surface area contributed by atoms with Crippen molar-refractivity contribution in [3.63, 3.8) is 0 Å². The fourth-order valence-corrected chi connectivity index (χ4v) is 2.82. The van der Waals surface area contributed by atoms with Gasteiger partial charge in [0.1, 0.15) is 5.69 Å². The van der Waals surface area contributed by atoms with E-state index in [4.69, 9.17) is 0 Å². The summed E-state index contributed by atoms with van der Waals surface area (Å²) in [5.41, 5.74) is 4.27. The van der Waals surface area contributed by atoms with Gasteiger partial charge in [-0.25, -0.2) is 9.97 Å². The van der Waals surface area contributed by atoms with Crippen LogP contribution in [0, 0.1) is 13.8 Å². The SMILES string of the molecule is Cc1cccc(NC(=O)c2cc(C)nc(NCCCc3ccccc3)n2)c1. The van der Waals surface area contributed by atoms with E-state index in [-0.39, 0.29) is 5.91 Å². The number of hydrogen-bond acceptors (Lipinski definition) is 4. The third kappa shape index (κ3) is 5.64. The van der Waals surface area contributed by atoms with Gasteiger partial charge in [-0.3, -0.25) is 4.79 Å². The van der Waals surface area contributed by atoms with Crippen LogP contribution in [0.2, 0.25) is 0 Å². The van der Waals surface area contributed by atoms with Gasteiger partial charge < -0.3 is 10.6 Å². The van der Waals surface area contributed by atoms with E-state index in [1.54, 1.807) is 6.07 Å². The molecule has 1 heterocycles. The number of amides is 1. The Balaban J connectivity index is 1.59. The van der Waals surface area contributed by atoms with E-state index in [9.17, 15) is 4.79 Å². The molecule has 5 heteroatoms. The summed E-state index contributed by atoms with van der Waals surface area (Å²) < 4.78 is 0. The number of carbonyl (C=O) groups is 1. The Bertz CT molecular complexity index is 909. The summed E-state index contributed by atoms with van der Waals surface area (Å²) >= 11 is 0. The molecule has 0 aliphatic rings. The minimum Gasteiger partial charge on any atom is -0.354 e. The third-order valence-electron chi connectivity index (χ3n) is 4.13. The first kappa shape index (κ1) is 18.6. The fraction of sp³-hybridized carbons (Fsp3) is 0.227. The lowest BCUT2D eigenvalue weighted by molar-refractivity contribution is 0.102. The molecular formula is C22H24N4O. The zero-order valence-electron chi connectivity index (χ0n) is 15.7.